The van der Waals surface area contributed by atoms with Crippen LogP contribution in [0, 0.1) is 13.8 Å². The van der Waals surface area contributed by atoms with Crippen molar-refractivity contribution < 1.29 is 14.3 Å². The van der Waals surface area contributed by atoms with Gasteiger partial charge in [0.25, 0.3) is 0 Å². The number of aryl methyl sites for hydroxylation is 2. The number of carbonyl (C=O) groups excluding carboxylic acids is 1. The van der Waals surface area contributed by atoms with Gasteiger partial charge >= 0.3 is 0 Å². The van der Waals surface area contributed by atoms with E-state index in [1.54, 1.807) is 25.3 Å². The van der Waals surface area contributed by atoms with E-state index in [0.717, 1.165) is 5.75 Å². The molecule has 2 aromatic carbocycles. The van der Waals surface area contributed by atoms with E-state index in [4.69, 9.17) is 15.2 Å². The van der Waals surface area contributed by atoms with Crippen LogP contribution in [0.4, 0.5) is 11.4 Å². The zero-order valence-electron chi connectivity index (χ0n) is 13.7. The van der Waals surface area contributed by atoms with Crippen LogP contribution in [0.1, 0.15) is 17.5 Å². The van der Waals surface area contributed by atoms with E-state index in [2.05, 4.69) is 5.32 Å². The van der Waals surface area contributed by atoms with Crippen molar-refractivity contribution in [3.63, 3.8) is 0 Å². The average molecular weight is 314 g/mol. The largest absolute Gasteiger partial charge is 0.495 e. The van der Waals surface area contributed by atoms with Crippen molar-refractivity contribution in [1.82, 2.24) is 0 Å². The number of hydrogen-bond acceptors (Lipinski definition) is 4. The molecule has 122 valence electrons. The Hall–Kier alpha value is -2.69. The number of rotatable bonds is 6. The fourth-order valence-electron chi connectivity index (χ4n) is 2.10. The minimum Gasteiger partial charge on any atom is -0.495 e. The van der Waals surface area contributed by atoms with Crippen LogP contribution >= 0.6 is 0 Å². The molecule has 0 aliphatic carbocycles. The Balaban J connectivity index is 1.83. The number of amides is 1. The number of carbonyl (C=O) groups is 1. The lowest BCUT2D eigenvalue weighted by Gasteiger charge is -2.10. The molecule has 2 aromatic rings. The highest BCUT2D eigenvalue weighted by atomic mass is 16.5. The highest BCUT2D eigenvalue weighted by Gasteiger charge is 2.06. The molecule has 1 amide bonds. The summed E-state index contributed by atoms with van der Waals surface area (Å²) in [4.78, 5) is 11.9. The van der Waals surface area contributed by atoms with Crippen molar-refractivity contribution in [1.29, 1.82) is 0 Å². The topological polar surface area (TPSA) is 73.6 Å². The fourth-order valence-corrected chi connectivity index (χ4v) is 2.10. The van der Waals surface area contributed by atoms with E-state index in [9.17, 15) is 4.79 Å². The van der Waals surface area contributed by atoms with Gasteiger partial charge in [-0.2, -0.15) is 0 Å². The molecular formula is C18H22N2O3. The lowest BCUT2D eigenvalue weighted by Crippen LogP contribution is -2.15. The van der Waals surface area contributed by atoms with Gasteiger partial charge in [-0.25, -0.2) is 0 Å². The normalized spacial score (nSPS) is 10.2. The smallest absolute Gasteiger partial charge is 0.227 e. The number of ether oxygens (including phenoxy) is 2. The second kappa shape index (κ2) is 7.54. The Morgan fingerprint density at radius 3 is 2.57 bits per heavy atom. The Labute approximate surface area is 136 Å². The summed E-state index contributed by atoms with van der Waals surface area (Å²) in [6.45, 7) is 4.40. The lowest BCUT2D eigenvalue weighted by atomic mass is 10.1. The fraction of sp³-hybridized carbons (Fsp3) is 0.278. The Morgan fingerprint density at radius 2 is 1.91 bits per heavy atom. The number of benzene rings is 2. The second-order valence-electron chi connectivity index (χ2n) is 5.35. The van der Waals surface area contributed by atoms with E-state index in [1.807, 2.05) is 32.0 Å². The number of nitrogens with two attached hydrogens (primary N) is 1. The zero-order valence-corrected chi connectivity index (χ0v) is 13.7. The molecule has 0 atom stereocenters. The third-order valence-corrected chi connectivity index (χ3v) is 3.59. The molecule has 23 heavy (non-hydrogen) atoms. The van der Waals surface area contributed by atoms with Gasteiger partial charge in [0.15, 0.2) is 0 Å². The van der Waals surface area contributed by atoms with E-state index >= 15 is 0 Å². The first-order chi connectivity index (χ1) is 11.0. The van der Waals surface area contributed by atoms with Crippen molar-refractivity contribution >= 4 is 17.3 Å². The summed E-state index contributed by atoms with van der Waals surface area (Å²) >= 11 is 0. The molecule has 2 rings (SSSR count). The van der Waals surface area contributed by atoms with Crippen LogP contribution < -0.4 is 20.5 Å². The summed E-state index contributed by atoms with van der Waals surface area (Å²) in [6.07, 6.45) is 0.263. The predicted octanol–water partition coefficient (Wildman–Crippen LogP) is 3.30. The first-order valence-corrected chi connectivity index (χ1v) is 7.43. The monoisotopic (exact) mass is 314 g/mol. The molecule has 0 saturated carbocycles. The van der Waals surface area contributed by atoms with Crippen LogP contribution in [0.5, 0.6) is 11.5 Å². The van der Waals surface area contributed by atoms with E-state index in [-0.39, 0.29) is 12.3 Å². The van der Waals surface area contributed by atoms with Crippen LogP contribution in [0.25, 0.3) is 0 Å². The summed E-state index contributed by atoms with van der Waals surface area (Å²) in [5.74, 6) is 1.23. The van der Waals surface area contributed by atoms with E-state index in [0.29, 0.717) is 23.7 Å². The van der Waals surface area contributed by atoms with Crippen LogP contribution in [-0.2, 0) is 4.79 Å². The summed E-state index contributed by atoms with van der Waals surface area (Å²) in [5.41, 5.74) is 9.31. The number of nitrogens with one attached hydrogen (secondary N) is 1. The van der Waals surface area contributed by atoms with Gasteiger partial charge in [0.05, 0.1) is 25.8 Å². The minimum absolute atomic E-state index is 0.126. The van der Waals surface area contributed by atoms with Gasteiger partial charge in [-0.05, 0) is 55.3 Å². The van der Waals surface area contributed by atoms with Gasteiger partial charge in [0.1, 0.15) is 11.5 Å². The van der Waals surface area contributed by atoms with Gasteiger partial charge < -0.3 is 20.5 Å². The molecule has 0 fully saturated rings. The van der Waals surface area contributed by atoms with Crippen molar-refractivity contribution in [3.05, 3.63) is 47.5 Å². The molecule has 0 unspecified atom stereocenters. The number of anilines is 2. The van der Waals surface area contributed by atoms with Crippen molar-refractivity contribution in [2.75, 3.05) is 24.8 Å². The molecule has 0 aliphatic heterocycles. The first-order valence-electron chi connectivity index (χ1n) is 7.43. The highest BCUT2D eigenvalue weighted by Crippen LogP contribution is 2.24. The number of methoxy groups -OCH3 is 1. The Kier molecular flexibility index (Phi) is 5.46. The number of hydrogen-bond donors (Lipinski definition) is 2. The molecular weight excluding hydrogens is 292 g/mol. The summed E-state index contributed by atoms with van der Waals surface area (Å²) in [5, 5.41) is 2.79. The van der Waals surface area contributed by atoms with Gasteiger partial charge in [0, 0.05) is 5.69 Å². The molecule has 3 N–H and O–H groups in total. The third-order valence-electron chi connectivity index (χ3n) is 3.59. The minimum atomic E-state index is -0.126. The maximum absolute atomic E-state index is 11.9. The summed E-state index contributed by atoms with van der Waals surface area (Å²) in [6, 6.07) is 11.0. The molecule has 0 bridgehead atoms. The van der Waals surface area contributed by atoms with Crippen molar-refractivity contribution in [2.45, 2.75) is 20.3 Å². The SMILES string of the molecule is COc1ccc(NC(=O)CCOc2ccc(C)c(C)c2)cc1N. The number of nitrogen functional groups attached to an aromatic ring is 1. The molecule has 0 heterocycles. The maximum atomic E-state index is 11.9. The Morgan fingerprint density at radius 1 is 1.13 bits per heavy atom. The molecule has 0 aliphatic rings. The molecule has 0 aromatic heterocycles. The standard InChI is InChI=1S/C18H22N2O3/c1-12-4-6-15(10-13(12)2)23-9-8-18(21)20-14-5-7-17(22-3)16(19)11-14/h4-7,10-11H,8-9,19H2,1-3H3,(H,20,21). The molecule has 0 radical (unpaired) electrons. The summed E-state index contributed by atoms with van der Waals surface area (Å²) < 4.78 is 10.7. The maximum Gasteiger partial charge on any atom is 0.227 e. The van der Waals surface area contributed by atoms with Crippen LogP contribution in [0.3, 0.4) is 0 Å². The lowest BCUT2D eigenvalue weighted by molar-refractivity contribution is -0.116. The zero-order chi connectivity index (χ0) is 16.8. The van der Waals surface area contributed by atoms with E-state index in [1.165, 1.54) is 11.1 Å². The molecule has 0 saturated heterocycles. The van der Waals surface area contributed by atoms with Crippen molar-refractivity contribution in [3.8, 4) is 11.5 Å². The van der Waals surface area contributed by atoms with Crippen LogP contribution in [0.15, 0.2) is 36.4 Å². The molecule has 0 spiro atoms. The van der Waals surface area contributed by atoms with Gasteiger partial charge in [0.2, 0.25) is 5.91 Å². The second-order valence-corrected chi connectivity index (χ2v) is 5.35. The summed E-state index contributed by atoms with van der Waals surface area (Å²) in [7, 11) is 1.55. The van der Waals surface area contributed by atoms with Crippen LogP contribution in [-0.4, -0.2) is 19.6 Å². The quantitative estimate of drug-likeness (QED) is 0.802. The molecule has 5 nitrogen and oxygen atoms in total. The van der Waals surface area contributed by atoms with Crippen molar-refractivity contribution in [2.24, 2.45) is 0 Å². The van der Waals surface area contributed by atoms with Crippen LogP contribution in [0.2, 0.25) is 0 Å². The average Bonchev–Trinajstić information content (AvgIpc) is 2.51. The van der Waals surface area contributed by atoms with Gasteiger partial charge in [-0.1, -0.05) is 6.07 Å². The van der Waals surface area contributed by atoms with E-state index < -0.39 is 0 Å². The van der Waals surface area contributed by atoms with Gasteiger partial charge in [-0.15, -0.1) is 0 Å². The Bertz CT molecular complexity index is 699. The third kappa shape index (κ3) is 4.64. The first kappa shape index (κ1) is 16.7. The van der Waals surface area contributed by atoms with Gasteiger partial charge in [-0.3, -0.25) is 4.79 Å². The highest BCUT2D eigenvalue weighted by molar-refractivity contribution is 5.91. The predicted molar refractivity (Wildman–Crippen MR) is 92.1 cm³/mol. The molecule has 5 heteroatoms.